The van der Waals surface area contributed by atoms with Crippen molar-refractivity contribution >= 4 is 46.5 Å². The zero-order valence-corrected chi connectivity index (χ0v) is 17.7. The lowest BCUT2D eigenvalue weighted by atomic mass is 10.0. The van der Waals surface area contributed by atoms with E-state index in [0.717, 1.165) is 0 Å². The van der Waals surface area contributed by atoms with E-state index in [2.05, 4.69) is 5.32 Å². The molecule has 2 aromatic rings. The molecule has 0 saturated heterocycles. The maximum Gasteiger partial charge on any atom is 0.337 e. The predicted octanol–water partition coefficient (Wildman–Crippen LogP) is 3.77. The number of carbonyl (C=O) groups is 4. The Morgan fingerprint density at radius 1 is 1.19 bits per heavy atom. The molecule has 9 heteroatoms. The lowest BCUT2D eigenvalue weighted by molar-refractivity contribution is -0.127. The number of carbonyl (C=O) groups excluding carboxylic acids is 3. The van der Waals surface area contributed by atoms with Gasteiger partial charge in [-0.1, -0.05) is 18.5 Å². The summed E-state index contributed by atoms with van der Waals surface area (Å²) in [6.45, 7) is 3.13. The molecule has 8 nitrogen and oxygen atoms in total. The number of hydrogen-bond acceptors (Lipinski definition) is 5. The number of nitrogens with zero attached hydrogens (tertiary/aromatic N) is 1. The van der Waals surface area contributed by atoms with Crippen molar-refractivity contribution in [2.24, 2.45) is 0 Å². The molecule has 0 fully saturated rings. The minimum atomic E-state index is -1.23. The van der Waals surface area contributed by atoms with E-state index in [4.69, 9.17) is 16.3 Å². The predicted molar refractivity (Wildman–Crippen MR) is 115 cm³/mol. The van der Waals surface area contributed by atoms with Gasteiger partial charge in [-0.3, -0.25) is 19.3 Å². The minimum absolute atomic E-state index is 0.0425. The van der Waals surface area contributed by atoms with Crippen LogP contribution in [-0.4, -0.2) is 41.3 Å². The number of anilines is 2. The number of benzene rings is 2. The van der Waals surface area contributed by atoms with Gasteiger partial charge in [0, 0.05) is 17.7 Å². The smallest absolute Gasteiger partial charge is 0.337 e. The molecular weight excluding hydrogens is 424 g/mol. The number of Topliss-reactive ketones (excluding diaryl/α,β-unsaturated/α-hetero) is 1. The minimum Gasteiger partial charge on any atom is -0.479 e. The number of fused-ring (bicyclic) bond motifs is 1. The van der Waals surface area contributed by atoms with Crippen molar-refractivity contribution in [3.05, 3.63) is 52.5 Å². The van der Waals surface area contributed by atoms with Crippen molar-refractivity contribution in [1.82, 2.24) is 0 Å². The molecular formula is C22H21ClN2O6. The van der Waals surface area contributed by atoms with E-state index in [9.17, 15) is 24.3 Å². The number of rotatable bonds is 7. The lowest BCUT2D eigenvalue weighted by Crippen LogP contribution is -2.47. The second kappa shape index (κ2) is 9.18. The van der Waals surface area contributed by atoms with Crippen molar-refractivity contribution in [3.63, 3.8) is 0 Å². The van der Waals surface area contributed by atoms with Crippen molar-refractivity contribution in [1.29, 1.82) is 0 Å². The Morgan fingerprint density at radius 2 is 1.94 bits per heavy atom. The fraction of sp³-hybridized carbons (Fsp3) is 0.273. The Hall–Kier alpha value is -3.39. The summed E-state index contributed by atoms with van der Waals surface area (Å²) >= 11 is 5.85. The molecule has 1 aliphatic heterocycles. The summed E-state index contributed by atoms with van der Waals surface area (Å²) < 4.78 is 5.61. The SMILES string of the molecule is CCCC(=O)c1ccc2c(c1)N(CC(=O)Nc1ccc(Cl)c(C(=O)O)c1)C(=O)C(C)O2. The molecule has 2 amide bonds. The zero-order chi connectivity index (χ0) is 22.7. The first-order valence-electron chi connectivity index (χ1n) is 9.69. The fourth-order valence-electron chi connectivity index (χ4n) is 3.23. The highest BCUT2D eigenvalue weighted by Crippen LogP contribution is 2.35. The third kappa shape index (κ3) is 4.86. The highest BCUT2D eigenvalue weighted by Gasteiger charge is 2.33. The van der Waals surface area contributed by atoms with Gasteiger partial charge in [0.1, 0.15) is 12.3 Å². The Morgan fingerprint density at radius 3 is 2.61 bits per heavy atom. The van der Waals surface area contributed by atoms with E-state index < -0.39 is 23.9 Å². The number of ether oxygens (including phenoxy) is 1. The third-order valence-electron chi connectivity index (χ3n) is 4.75. The molecule has 162 valence electrons. The summed E-state index contributed by atoms with van der Waals surface area (Å²) in [6.07, 6.45) is 0.257. The molecule has 1 aliphatic rings. The van der Waals surface area contributed by atoms with Gasteiger partial charge in [-0.2, -0.15) is 0 Å². The summed E-state index contributed by atoms with van der Waals surface area (Å²) in [5, 5.41) is 11.8. The first-order valence-corrected chi connectivity index (χ1v) is 10.1. The second-order valence-electron chi connectivity index (χ2n) is 7.09. The van der Waals surface area contributed by atoms with Gasteiger partial charge < -0.3 is 15.2 Å². The molecule has 0 saturated carbocycles. The molecule has 0 aromatic heterocycles. The maximum atomic E-state index is 12.7. The van der Waals surface area contributed by atoms with Crippen LogP contribution in [0.2, 0.25) is 5.02 Å². The Labute approximate surface area is 183 Å². The Balaban J connectivity index is 1.85. The van der Waals surface area contributed by atoms with Crippen LogP contribution < -0.4 is 15.0 Å². The number of aromatic carboxylic acids is 1. The number of ketones is 1. The molecule has 0 radical (unpaired) electrons. The third-order valence-corrected chi connectivity index (χ3v) is 5.08. The molecule has 1 unspecified atom stereocenters. The average molecular weight is 445 g/mol. The van der Waals surface area contributed by atoms with E-state index in [0.29, 0.717) is 29.8 Å². The van der Waals surface area contributed by atoms with Gasteiger partial charge in [0.2, 0.25) is 5.91 Å². The molecule has 3 rings (SSSR count). The van der Waals surface area contributed by atoms with E-state index in [-0.39, 0.29) is 28.6 Å². The van der Waals surface area contributed by atoms with E-state index in [1.165, 1.54) is 23.1 Å². The van der Waals surface area contributed by atoms with Crippen LogP contribution in [0.1, 0.15) is 47.4 Å². The van der Waals surface area contributed by atoms with Crippen molar-refractivity contribution in [2.75, 3.05) is 16.8 Å². The highest BCUT2D eigenvalue weighted by molar-refractivity contribution is 6.33. The van der Waals surface area contributed by atoms with Crippen LogP contribution in [0.25, 0.3) is 0 Å². The van der Waals surface area contributed by atoms with Gasteiger partial charge in [0.25, 0.3) is 5.91 Å². The van der Waals surface area contributed by atoms with E-state index in [1.807, 2.05) is 6.92 Å². The van der Waals surface area contributed by atoms with Crippen molar-refractivity contribution in [2.45, 2.75) is 32.8 Å². The topological polar surface area (TPSA) is 113 Å². The first-order chi connectivity index (χ1) is 14.7. The maximum absolute atomic E-state index is 12.7. The summed E-state index contributed by atoms with van der Waals surface area (Å²) in [5.41, 5.74) is 0.843. The van der Waals surface area contributed by atoms with E-state index >= 15 is 0 Å². The largest absolute Gasteiger partial charge is 0.479 e. The van der Waals surface area contributed by atoms with Crippen LogP contribution in [0.15, 0.2) is 36.4 Å². The number of carboxylic acids is 1. The quantitative estimate of drug-likeness (QED) is 0.628. The highest BCUT2D eigenvalue weighted by atomic mass is 35.5. The van der Waals surface area contributed by atoms with Crippen molar-refractivity contribution in [3.8, 4) is 5.75 Å². The standard InChI is InChI=1S/C22H21ClN2O6/c1-3-4-18(26)13-5-8-19-17(9-13)25(21(28)12(2)31-19)11-20(27)24-14-6-7-16(23)15(10-14)22(29)30/h5-10,12H,3-4,11H2,1-2H3,(H,24,27)(H,29,30). The van der Waals surface area contributed by atoms with Gasteiger partial charge >= 0.3 is 5.97 Å². The molecule has 31 heavy (non-hydrogen) atoms. The normalized spacial score (nSPS) is 15.1. The van der Waals surface area contributed by atoms with Gasteiger partial charge in [0.15, 0.2) is 11.9 Å². The van der Waals surface area contributed by atoms with Crippen LogP contribution in [0.4, 0.5) is 11.4 Å². The monoisotopic (exact) mass is 444 g/mol. The lowest BCUT2D eigenvalue weighted by Gasteiger charge is -2.32. The summed E-state index contributed by atoms with van der Waals surface area (Å²) in [4.78, 5) is 50.1. The molecule has 1 atom stereocenters. The molecule has 0 aliphatic carbocycles. The van der Waals surface area contributed by atoms with Gasteiger partial charge in [-0.15, -0.1) is 0 Å². The van der Waals surface area contributed by atoms with Crippen LogP contribution in [0, 0.1) is 0 Å². The van der Waals surface area contributed by atoms with Crippen molar-refractivity contribution < 1.29 is 29.0 Å². The van der Waals surface area contributed by atoms with Crippen LogP contribution in [-0.2, 0) is 9.59 Å². The molecule has 2 N–H and O–H groups in total. The number of nitrogens with one attached hydrogen (secondary N) is 1. The average Bonchev–Trinajstić information content (AvgIpc) is 2.72. The van der Waals surface area contributed by atoms with Crippen LogP contribution in [0.3, 0.4) is 0 Å². The Kier molecular flexibility index (Phi) is 6.60. The second-order valence-corrected chi connectivity index (χ2v) is 7.50. The number of amides is 2. The zero-order valence-electron chi connectivity index (χ0n) is 17.0. The fourth-order valence-corrected chi connectivity index (χ4v) is 3.42. The van der Waals surface area contributed by atoms with Gasteiger partial charge in [0.05, 0.1) is 16.3 Å². The van der Waals surface area contributed by atoms with Crippen LogP contribution in [0.5, 0.6) is 5.75 Å². The van der Waals surface area contributed by atoms with Gasteiger partial charge in [-0.25, -0.2) is 4.79 Å². The molecule has 0 bridgehead atoms. The molecule has 1 heterocycles. The molecule has 0 spiro atoms. The summed E-state index contributed by atoms with van der Waals surface area (Å²) in [6, 6.07) is 8.87. The first kappa shape index (κ1) is 22.3. The van der Waals surface area contributed by atoms with E-state index in [1.54, 1.807) is 25.1 Å². The van der Waals surface area contributed by atoms with Crippen LogP contribution >= 0.6 is 11.6 Å². The summed E-state index contributed by atoms with van der Waals surface area (Å²) in [7, 11) is 0. The number of carboxylic acid groups (broad SMARTS) is 1. The number of hydrogen-bond donors (Lipinski definition) is 2. The molecule has 2 aromatic carbocycles. The number of halogens is 1. The van der Waals surface area contributed by atoms with Gasteiger partial charge in [-0.05, 0) is 49.7 Å². The Bertz CT molecular complexity index is 1070. The summed E-state index contributed by atoms with van der Waals surface area (Å²) in [5.74, 6) is -1.87.